The molecule has 3 amide bonds. The van der Waals surface area contributed by atoms with Gasteiger partial charge in [0.15, 0.2) is 0 Å². The molecule has 0 saturated heterocycles. The molecule has 8 heteroatoms. The fourth-order valence-corrected chi connectivity index (χ4v) is 3.06. The van der Waals surface area contributed by atoms with Gasteiger partial charge in [-0.15, -0.1) is 0 Å². The number of aryl methyl sites for hydroxylation is 1. The molecule has 0 aromatic heterocycles. The highest BCUT2D eigenvalue weighted by atomic mass is 79.9. The zero-order valence-electron chi connectivity index (χ0n) is 16.6. The molecule has 0 unspecified atom stereocenters. The fraction of sp³-hybridized carbons (Fsp3) is 0.286. The Labute approximate surface area is 178 Å². The van der Waals surface area contributed by atoms with Gasteiger partial charge in [0.05, 0.1) is 25.3 Å². The Kier molecular flexibility index (Phi) is 8.21. The lowest BCUT2D eigenvalue weighted by atomic mass is 10.2. The van der Waals surface area contributed by atoms with E-state index in [1.165, 1.54) is 11.9 Å². The molecule has 2 N–H and O–H groups in total. The molecule has 2 rings (SSSR count). The van der Waals surface area contributed by atoms with Gasteiger partial charge in [0.25, 0.3) is 5.91 Å². The highest BCUT2D eigenvalue weighted by molar-refractivity contribution is 9.10. The van der Waals surface area contributed by atoms with Crippen molar-refractivity contribution in [2.45, 2.75) is 13.8 Å². The summed E-state index contributed by atoms with van der Waals surface area (Å²) in [6, 6.07) is 12.3. The van der Waals surface area contributed by atoms with E-state index in [2.05, 4.69) is 26.6 Å². The number of rotatable bonds is 8. The van der Waals surface area contributed by atoms with E-state index in [9.17, 15) is 14.4 Å². The van der Waals surface area contributed by atoms with Crippen molar-refractivity contribution in [1.29, 1.82) is 0 Å². The third-order valence-electron chi connectivity index (χ3n) is 4.10. The van der Waals surface area contributed by atoms with Crippen molar-refractivity contribution < 1.29 is 19.1 Å². The number of amides is 3. The van der Waals surface area contributed by atoms with Crippen molar-refractivity contribution in [2.24, 2.45) is 0 Å². The number of likely N-dealkylation sites (N-methyl/N-ethyl adjacent to an activating group) is 1. The Balaban J connectivity index is 1.87. The number of para-hydroxylation sites is 1. The molecule has 0 aliphatic rings. The number of benzene rings is 2. The topological polar surface area (TPSA) is 87.7 Å². The minimum absolute atomic E-state index is 0.125. The van der Waals surface area contributed by atoms with E-state index in [0.29, 0.717) is 23.6 Å². The van der Waals surface area contributed by atoms with Gasteiger partial charge in [0, 0.05) is 17.2 Å². The van der Waals surface area contributed by atoms with Crippen LogP contribution in [-0.4, -0.2) is 49.4 Å². The first-order valence-electron chi connectivity index (χ1n) is 9.11. The summed E-state index contributed by atoms with van der Waals surface area (Å²) < 4.78 is 6.35. The normalized spacial score (nSPS) is 10.2. The number of carbonyl (C=O) groups is 3. The number of hydrogen-bond donors (Lipinski definition) is 2. The summed E-state index contributed by atoms with van der Waals surface area (Å²) in [5.41, 5.74) is 1.94. The lowest BCUT2D eigenvalue weighted by Gasteiger charge is -2.18. The van der Waals surface area contributed by atoms with Crippen molar-refractivity contribution >= 4 is 39.3 Å². The van der Waals surface area contributed by atoms with Gasteiger partial charge in [-0.05, 0) is 49.7 Å². The summed E-state index contributed by atoms with van der Waals surface area (Å²) in [7, 11) is 1.51. The molecule has 154 valence electrons. The van der Waals surface area contributed by atoms with Crippen molar-refractivity contribution in [3.05, 3.63) is 58.1 Å². The second-order valence-corrected chi connectivity index (χ2v) is 7.28. The number of halogens is 1. The van der Waals surface area contributed by atoms with Crippen molar-refractivity contribution in [1.82, 2.24) is 10.2 Å². The lowest BCUT2D eigenvalue weighted by Crippen LogP contribution is -2.41. The predicted octanol–water partition coefficient (Wildman–Crippen LogP) is 2.98. The third kappa shape index (κ3) is 6.60. The van der Waals surface area contributed by atoms with Crippen LogP contribution >= 0.6 is 15.9 Å². The Bertz CT molecular complexity index is 901. The van der Waals surface area contributed by atoms with Crippen LogP contribution in [0.1, 0.15) is 22.8 Å². The minimum atomic E-state index is -0.411. The molecular formula is C21H24BrN3O4. The molecule has 0 fully saturated rings. The first-order chi connectivity index (χ1) is 13.8. The van der Waals surface area contributed by atoms with Crippen molar-refractivity contribution in [3.8, 4) is 5.75 Å². The van der Waals surface area contributed by atoms with E-state index in [1.54, 1.807) is 30.3 Å². The molecule has 0 aliphatic heterocycles. The van der Waals surface area contributed by atoms with Crippen LogP contribution in [0.5, 0.6) is 5.75 Å². The molecule has 0 aliphatic carbocycles. The maximum absolute atomic E-state index is 12.4. The van der Waals surface area contributed by atoms with E-state index in [4.69, 9.17) is 4.74 Å². The molecule has 2 aromatic carbocycles. The number of ether oxygens (including phenoxy) is 1. The molecule has 0 radical (unpaired) electrons. The molecule has 7 nitrogen and oxygen atoms in total. The number of nitrogens with zero attached hydrogens (tertiary/aromatic N) is 1. The highest BCUT2D eigenvalue weighted by Gasteiger charge is 2.17. The van der Waals surface area contributed by atoms with E-state index in [0.717, 1.165) is 10.0 Å². The van der Waals surface area contributed by atoms with Gasteiger partial charge < -0.3 is 20.3 Å². The molecule has 0 bridgehead atoms. The smallest absolute Gasteiger partial charge is 0.255 e. The van der Waals surface area contributed by atoms with E-state index in [1.807, 2.05) is 26.0 Å². The van der Waals surface area contributed by atoms with E-state index in [-0.39, 0.29) is 24.9 Å². The Morgan fingerprint density at radius 3 is 2.55 bits per heavy atom. The quantitative estimate of drug-likeness (QED) is 0.632. The number of anilines is 1. The summed E-state index contributed by atoms with van der Waals surface area (Å²) in [6.45, 7) is 3.79. The molecule has 0 spiro atoms. The second kappa shape index (κ2) is 10.6. The molecule has 0 atom stereocenters. The lowest BCUT2D eigenvalue weighted by molar-refractivity contribution is -0.132. The first kappa shape index (κ1) is 22.4. The Morgan fingerprint density at radius 1 is 1.14 bits per heavy atom. The average molecular weight is 462 g/mol. The molecule has 29 heavy (non-hydrogen) atoms. The maximum atomic E-state index is 12.4. The molecule has 2 aromatic rings. The SMILES string of the molecule is CCOc1ccccc1C(=O)NCC(=O)N(C)CC(=O)Nc1ccc(Br)cc1C. The number of carbonyl (C=O) groups excluding carboxylic acids is 3. The van der Waals surface area contributed by atoms with Crippen molar-refractivity contribution in [2.75, 3.05) is 32.1 Å². The third-order valence-corrected chi connectivity index (χ3v) is 4.59. The van der Waals surface area contributed by atoms with Crippen LogP contribution in [0.4, 0.5) is 5.69 Å². The van der Waals surface area contributed by atoms with Crippen LogP contribution in [0.3, 0.4) is 0 Å². The van der Waals surface area contributed by atoms with Crippen LogP contribution < -0.4 is 15.4 Å². The average Bonchev–Trinajstić information content (AvgIpc) is 2.68. The second-order valence-electron chi connectivity index (χ2n) is 6.37. The van der Waals surface area contributed by atoms with Gasteiger partial charge in [-0.3, -0.25) is 14.4 Å². The standard InChI is InChI=1S/C21H24BrN3O4/c1-4-29-18-8-6-5-7-16(18)21(28)23-12-20(27)25(3)13-19(26)24-17-10-9-15(22)11-14(17)2/h5-11H,4,12-13H2,1-3H3,(H,23,28)(H,24,26). The summed E-state index contributed by atoms with van der Waals surface area (Å²) in [6.07, 6.45) is 0. The highest BCUT2D eigenvalue weighted by Crippen LogP contribution is 2.20. The minimum Gasteiger partial charge on any atom is -0.493 e. The van der Waals surface area contributed by atoms with Crippen LogP contribution in [-0.2, 0) is 9.59 Å². The molecular weight excluding hydrogens is 438 g/mol. The Hall–Kier alpha value is -2.87. The van der Waals surface area contributed by atoms with Crippen LogP contribution in [0.2, 0.25) is 0 Å². The summed E-state index contributed by atoms with van der Waals surface area (Å²) >= 11 is 3.37. The van der Waals surface area contributed by atoms with E-state index >= 15 is 0 Å². The van der Waals surface area contributed by atoms with Gasteiger partial charge in [0.1, 0.15) is 5.75 Å². The van der Waals surface area contributed by atoms with Crippen LogP contribution in [0, 0.1) is 6.92 Å². The van der Waals surface area contributed by atoms with Gasteiger partial charge >= 0.3 is 0 Å². The largest absolute Gasteiger partial charge is 0.493 e. The predicted molar refractivity (Wildman–Crippen MR) is 115 cm³/mol. The van der Waals surface area contributed by atoms with Gasteiger partial charge in [0.2, 0.25) is 11.8 Å². The first-order valence-corrected chi connectivity index (χ1v) is 9.91. The summed E-state index contributed by atoms with van der Waals surface area (Å²) in [4.78, 5) is 38.1. The van der Waals surface area contributed by atoms with Gasteiger partial charge in [-0.2, -0.15) is 0 Å². The molecule has 0 saturated carbocycles. The monoisotopic (exact) mass is 461 g/mol. The number of nitrogens with one attached hydrogen (secondary N) is 2. The zero-order valence-corrected chi connectivity index (χ0v) is 18.2. The number of hydrogen-bond acceptors (Lipinski definition) is 4. The van der Waals surface area contributed by atoms with Gasteiger partial charge in [-0.1, -0.05) is 28.1 Å². The fourth-order valence-electron chi connectivity index (χ4n) is 2.58. The zero-order chi connectivity index (χ0) is 21.4. The van der Waals surface area contributed by atoms with Crippen LogP contribution in [0.25, 0.3) is 0 Å². The van der Waals surface area contributed by atoms with Gasteiger partial charge in [-0.25, -0.2) is 0 Å². The Morgan fingerprint density at radius 2 is 1.86 bits per heavy atom. The van der Waals surface area contributed by atoms with Crippen LogP contribution in [0.15, 0.2) is 46.9 Å². The maximum Gasteiger partial charge on any atom is 0.255 e. The summed E-state index contributed by atoms with van der Waals surface area (Å²) in [5.74, 6) is -0.655. The summed E-state index contributed by atoms with van der Waals surface area (Å²) in [5, 5.41) is 5.35. The van der Waals surface area contributed by atoms with E-state index < -0.39 is 5.91 Å². The molecule has 0 heterocycles. The van der Waals surface area contributed by atoms with Crippen molar-refractivity contribution in [3.63, 3.8) is 0 Å².